The lowest BCUT2D eigenvalue weighted by molar-refractivity contribution is -0.128. The Labute approximate surface area is 127 Å². The molecule has 0 aliphatic heterocycles. The van der Waals surface area contributed by atoms with E-state index in [0.717, 1.165) is 37.8 Å². The first kappa shape index (κ1) is 14.4. The standard InChI is InChI=1S/C18H26N2O/c1-18(2)10-4-6-15(18)17(21)20-16-7-3-5-12-11-13(19)8-9-14(12)16/h8-9,11,15-16H,3-7,10,19H2,1-2H3,(H,20,21). The smallest absolute Gasteiger partial charge is 0.224 e. The molecule has 3 N–H and O–H groups in total. The van der Waals surface area contributed by atoms with Crippen molar-refractivity contribution in [1.29, 1.82) is 0 Å². The number of hydrogen-bond donors (Lipinski definition) is 2. The number of aryl methyl sites for hydroxylation is 1. The van der Waals surface area contributed by atoms with Crippen LogP contribution in [-0.2, 0) is 11.2 Å². The molecule has 0 aromatic heterocycles. The van der Waals surface area contributed by atoms with Crippen molar-refractivity contribution in [3.8, 4) is 0 Å². The van der Waals surface area contributed by atoms with E-state index in [1.165, 1.54) is 17.5 Å². The number of amides is 1. The number of benzene rings is 1. The summed E-state index contributed by atoms with van der Waals surface area (Å²) in [7, 11) is 0. The molecule has 3 heteroatoms. The Kier molecular flexibility index (Phi) is 3.68. The average Bonchev–Trinajstić information content (AvgIpc) is 2.78. The summed E-state index contributed by atoms with van der Waals surface area (Å²) in [6.45, 7) is 4.44. The van der Waals surface area contributed by atoms with Crippen molar-refractivity contribution in [2.75, 3.05) is 5.73 Å². The lowest BCUT2D eigenvalue weighted by atomic mass is 9.80. The van der Waals surface area contributed by atoms with Gasteiger partial charge in [0.2, 0.25) is 5.91 Å². The molecule has 0 spiro atoms. The topological polar surface area (TPSA) is 55.1 Å². The number of fused-ring (bicyclic) bond motifs is 1. The molecule has 1 saturated carbocycles. The number of hydrogen-bond acceptors (Lipinski definition) is 2. The highest BCUT2D eigenvalue weighted by Crippen LogP contribution is 2.43. The number of carbonyl (C=O) groups is 1. The van der Waals surface area contributed by atoms with E-state index in [9.17, 15) is 4.79 Å². The number of nitrogen functional groups attached to an aromatic ring is 1. The van der Waals surface area contributed by atoms with Gasteiger partial charge in [-0.2, -0.15) is 0 Å². The second-order valence-electron chi connectivity index (χ2n) is 7.35. The third-order valence-corrected chi connectivity index (χ3v) is 5.37. The van der Waals surface area contributed by atoms with Crippen molar-refractivity contribution in [3.63, 3.8) is 0 Å². The van der Waals surface area contributed by atoms with Gasteiger partial charge in [0.05, 0.1) is 6.04 Å². The highest BCUT2D eigenvalue weighted by molar-refractivity contribution is 5.80. The zero-order valence-electron chi connectivity index (χ0n) is 13.1. The van der Waals surface area contributed by atoms with E-state index in [-0.39, 0.29) is 23.3 Å². The van der Waals surface area contributed by atoms with Crippen molar-refractivity contribution in [2.45, 2.75) is 58.4 Å². The van der Waals surface area contributed by atoms with Gasteiger partial charge in [-0.25, -0.2) is 0 Å². The van der Waals surface area contributed by atoms with Crippen LogP contribution in [-0.4, -0.2) is 5.91 Å². The number of carbonyl (C=O) groups excluding carboxylic acids is 1. The van der Waals surface area contributed by atoms with Crippen LogP contribution in [0.5, 0.6) is 0 Å². The summed E-state index contributed by atoms with van der Waals surface area (Å²) < 4.78 is 0. The van der Waals surface area contributed by atoms with E-state index in [1.807, 2.05) is 6.07 Å². The fourth-order valence-electron chi connectivity index (χ4n) is 4.07. The molecule has 114 valence electrons. The molecule has 0 radical (unpaired) electrons. The van der Waals surface area contributed by atoms with Crippen LogP contribution in [0.3, 0.4) is 0 Å². The van der Waals surface area contributed by atoms with E-state index < -0.39 is 0 Å². The van der Waals surface area contributed by atoms with Gasteiger partial charge in [0, 0.05) is 11.6 Å². The summed E-state index contributed by atoms with van der Waals surface area (Å²) in [5.41, 5.74) is 9.40. The molecular weight excluding hydrogens is 260 g/mol. The van der Waals surface area contributed by atoms with Crippen LogP contribution >= 0.6 is 0 Å². The Hall–Kier alpha value is -1.51. The second kappa shape index (κ2) is 5.36. The maximum absolute atomic E-state index is 12.7. The average molecular weight is 286 g/mol. The van der Waals surface area contributed by atoms with Crippen molar-refractivity contribution in [2.24, 2.45) is 11.3 Å². The first-order valence-corrected chi connectivity index (χ1v) is 8.16. The minimum atomic E-state index is 0.142. The van der Waals surface area contributed by atoms with E-state index >= 15 is 0 Å². The summed E-state index contributed by atoms with van der Waals surface area (Å²) in [6.07, 6.45) is 6.58. The van der Waals surface area contributed by atoms with Crippen molar-refractivity contribution in [1.82, 2.24) is 5.32 Å². The van der Waals surface area contributed by atoms with Crippen LogP contribution in [0, 0.1) is 11.3 Å². The second-order valence-corrected chi connectivity index (χ2v) is 7.35. The van der Waals surface area contributed by atoms with Crippen molar-refractivity contribution in [3.05, 3.63) is 29.3 Å². The van der Waals surface area contributed by atoms with Gasteiger partial charge in [0.1, 0.15) is 0 Å². The molecule has 21 heavy (non-hydrogen) atoms. The Balaban J connectivity index is 1.76. The fraction of sp³-hybridized carbons (Fsp3) is 0.611. The Morgan fingerprint density at radius 1 is 1.29 bits per heavy atom. The molecule has 1 aromatic carbocycles. The van der Waals surface area contributed by atoms with Crippen molar-refractivity contribution < 1.29 is 4.79 Å². The van der Waals surface area contributed by atoms with Crippen LogP contribution < -0.4 is 11.1 Å². The summed E-state index contributed by atoms with van der Waals surface area (Å²) in [5.74, 6) is 0.406. The summed E-state index contributed by atoms with van der Waals surface area (Å²) >= 11 is 0. The summed E-state index contributed by atoms with van der Waals surface area (Å²) in [5, 5.41) is 3.31. The van der Waals surface area contributed by atoms with E-state index in [0.29, 0.717) is 0 Å². The van der Waals surface area contributed by atoms with E-state index in [4.69, 9.17) is 5.73 Å². The normalized spacial score (nSPS) is 27.1. The van der Waals surface area contributed by atoms with Crippen molar-refractivity contribution >= 4 is 11.6 Å². The van der Waals surface area contributed by atoms with Gasteiger partial charge in [-0.1, -0.05) is 26.3 Å². The maximum atomic E-state index is 12.7. The highest BCUT2D eigenvalue weighted by atomic mass is 16.2. The van der Waals surface area contributed by atoms with Gasteiger partial charge in [-0.3, -0.25) is 4.79 Å². The molecule has 1 fully saturated rings. The van der Waals surface area contributed by atoms with Gasteiger partial charge < -0.3 is 11.1 Å². The third-order valence-electron chi connectivity index (χ3n) is 5.37. The molecular formula is C18H26N2O. The van der Waals surface area contributed by atoms with Crippen LogP contribution in [0.25, 0.3) is 0 Å². The van der Waals surface area contributed by atoms with Gasteiger partial charge in [0.25, 0.3) is 0 Å². The van der Waals surface area contributed by atoms with E-state index in [2.05, 4.69) is 31.3 Å². The molecule has 1 amide bonds. The molecule has 2 aliphatic carbocycles. The van der Waals surface area contributed by atoms with Gasteiger partial charge in [0.15, 0.2) is 0 Å². The van der Waals surface area contributed by atoms with Gasteiger partial charge >= 0.3 is 0 Å². The minimum absolute atomic E-state index is 0.142. The lowest BCUT2D eigenvalue weighted by Crippen LogP contribution is -2.39. The van der Waals surface area contributed by atoms with Crippen LogP contribution in [0.4, 0.5) is 5.69 Å². The molecule has 1 aromatic rings. The number of anilines is 1. The van der Waals surface area contributed by atoms with Crippen LogP contribution in [0.2, 0.25) is 0 Å². The van der Waals surface area contributed by atoms with Crippen LogP contribution in [0.1, 0.15) is 63.1 Å². The molecule has 2 atom stereocenters. The summed E-state index contributed by atoms with van der Waals surface area (Å²) in [6, 6.07) is 6.27. The Morgan fingerprint density at radius 2 is 2.10 bits per heavy atom. The molecule has 2 unspecified atom stereocenters. The first-order chi connectivity index (χ1) is 9.97. The third kappa shape index (κ3) is 2.78. The number of nitrogens with one attached hydrogen (secondary N) is 1. The Bertz CT molecular complexity index is 550. The monoisotopic (exact) mass is 286 g/mol. The fourth-order valence-corrected chi connectivity index (χ4v) is 4.07. The zero-order valence-corrected chi connectivity index (χ0v) is 13.1. The first-order valence-electron chi connectivity index (χ1n) is 8.16. The predicted molar refractivity (Wildman–Crippen MR) is 85.8 cm³/mol. The van der Waals surface area contributed by atoms with Gasteiger partial charge in [-0.05, 0) is 60.8 Å². The lowest BCUT2D eigenvalue weighted by Gasteiger charge is -2.31. The van der Waals surface area contributed by atoms with E-state index in [1.54, 1.807) is 0 Å². The largest absolute Gasteiger partial charge is 0.399 e. The summed E-state index contributed by atoms with van der Waals surface area (Å²) in [4.78, 5) is 12.7. The number of rotatable bonds is 2. The molecule has 3 nitrogen and oxygen atoms in total. The Morgan fingerprint density at radius 3 is 2.81 bits per heavy atom. The zero-order chi connectivity index (χ0) is 15.0. The van der Waals surface area contributed by atoms with Crippen LogP contribution in [0.15, 0.2) is 18.2 Å². The SMILES string of the molecule is CC1(C)CCCC1C(=O)NC1CCCc2cc(N)ccc21. The molecule has 0 saturated heterocycles. The molecule has 0 heterocycles. The molecule has 3 rings (SSSR count). The van der Waals surface area contributed by atoms with Gasteiger partial charge in [-0.15, -0.1) is 0 Å². The molecule has 0 bridgehead atoms. The molecule has 2 aliphatic rings. The quantitative estimate of drug-likeness (QED) is 0.816. The predicted octanol–water partition coefficient (Wildman–Crippen LogP) is 3.59. The number of nitrogens with two attached hydrogens (primary N) is 1. The maximum Gasteiger partial charge on any atom is 0.224 e. The minimum Gasteiger partial charge on any atom is -0.399 e. The highest BCUT2D eigenvalue weighted by Gasteiger charge is 2.40.